The average molecular weight is 260 g/mol. The summed E-state index contributed by atoms with van der Waals surface area (Å²) in [6, 6.07) is 4.41. The predicted octanol–water partition coefficient (Wildman–Crippen LogP) is 1.32. The van der Waals surface area contributed by atoms with E-state index in [1.165, 1.54) is 6.07 Å². The Kier molecular flexibility index (Phi) is 3.50. The summed E-state index contributed by atoms with van der Waals surface area (Å²) in [4.78, 5) is 12.1. The molecule has 0 aliphatic carbocycles. The number of nitrogens with one attached hydrogen (secondary N) is 1. The molecular formula is C13H16N4O2. The monoisotopic (exact) mass is 260 g/mol. The first-order valence-electron chi connectivity index (χ1n) is 5.93. The van der Waals surface area contributed by atoms with E-state index in [9.17, 15) is 9.90 Å². The minimum Gasteiger partial charge on any atom is -0.508 e. The maximum Gasteiger partial charge on any atom is 0.252 e. The Balaban J connectivity index is 2.15. The van der Waals surface area contributed by atoms with Crippen LogP contribution in [-0.4, -0.2) is 25.8 Å². The highest BCUT2D eigenvalue weighted by Crippen LogP contribution is 2.17. The number of aromatic nitrogens is 3. The van der Waals surface area contributed by atoms with Crippen molar-refractivity contribution in [1.29, 1.82) is 0 Å². The summed E-state index contributed by atoms with van der Waals surface area (Å²) < 4.78 is 1.76. The van der Waals surface area contributed by atoms with E-state index >= 15 is 0 Å². The number of hydrogen-bond donors (Lipinski definition) is 2. The van der Waals surface area contributed by atoms with Crippen molar-refractivity contribution < 1.29 is 9.90 Å². The SMILES string of the molecule is Cc1cc(O)ccc1C(=O)NC(C)c1nncn1C. The molecule has 100 valence electrons. The standard InChI is InChI=1S/C13H16N4O2/c1-8-6-10(18)4-5-11(8)13(19)15-9(2)12-16-14-7-17(12)3/h4-7,9,18H,1-3H3,(H,15,19). The highest BCUT2D eigenvalue weighted by Gasteiger charge is 2.16. The van der Waals surface area contributed by atoms with Crippen LogP contribution < -0.4 is 5.32 Å². The lowest BCUT2D eigenvalue weighted by atomic mass is 10.1. The summed E-state index contributed by atoms with van der Waals surface area (Å²) in [5, 5.41) is 19.9. The van der Waals surface area contributed by atoms with Crippen LogP contribution in [0.25, 0.3) is 0 Å². The normalized spacial score (nSPS) is 12.2. The quantitative estimate of drug-likeness (QED) is 0.872. The van der Waals surface area contributed by atoms with E-state index in [-0.39, 0.29) is 17.7 Å². The molecule has 2 rings (SSSR count). The Bertz CT molecular complexity index is 606. The van der Waals surface area contributed by atoms with Crippen molar-refractivity contribution in [3.63, 3.8) is 0 Å². The first kappa shape index (κ1) is 13.1. The van der Waals surface area contributed by atoms with Crippen molar-refractivity contribution in [2.45, 2.75) is 19.9 Å². The first-order valence-corrected chi connectivity index (χ1v) is 5.93. The number of carbonyl (C=O) groups is 1. The molecule has 6 heteroatoms. The molecule has 1 amide bonds. The maximum absolute atomic E-state index is 12.1. The van der Waals surface area contributed by atoms with Crippen molar-refractivity contribution in [1.82, 2.24) is 20.1 Å². The molecule has 1 aromatic heterocycles. The second-order valence-electron chi connectivity index (χ2n) is 4.49. The van der Waals surface area contributed by atoms with E-state index in [1.54, 1.807) is 30.0 Å². The third-order valence-corrected chi connectivity index (χ3v) is 2.94. The number of phenolic OH excluding ortho intramolecular Hbond substituents is 1. The van der Waals surface area contributed by atoms with Crippen LogP contribution in [0.15, 0.2) is 24.5 Å². The Hall–Kier alpha value is -2.37. The first-order chi connectivity index (χ1) is 8.99. The second-order valence-corrected chi connectivity index (χ2v) is 4.49. The number of aryl methyl sites for hydroxylation is 2. The topological polar surface area (TPSA) is 80.0 Å². The number of benzene rings is 1. The van der Waals surface area contributed by atoms with Crippen LogP contribution >= 0.6 is 0 Å². The van der Waals surface area contributed by atoms with Crippen LogP contribution in [-0.2, 0) is 7.05 Å². The van der Waals surface area contributed by atoms with Crippen LogP contribution in [0, 0.1) is 6.92 Å². The number of rotatable bonds is 3. The van der Waals surface area contributed by atoms with Crippen molar-refractivity contribution in [3.8, 4) is 5.75 Å². The van der Waals surface area contributed by atoms with Gasteiger partial charge in [-0.15, -0.1) is 10.2 Å². The van der Waals surface area contributed by atoms with Gasteiger partial charge in [0.05, 0.1) is 6.04 Å². The average Bonchev–Trinajstić information content (AvgIpc) is 2.75. The minimum atomic E-state index is -0.242. The van der Waals surface area contributed by atoms with Gasteiger partial charge in [-0.1, -0.05) is 0 Å². The maximum atomic E-state index is 12.1. The summed E-state index contributed by atoms with van der Waals surface area (Å²) in [7, 11) is 1.82. The van der Waals surface area contributed by atoms with E-state index in [2.05, 4.69) is 15.5 Å². The Morgan fingerprint density at radius 2 is 2.21 bits per heavy atom. The fourth-order valence-corrected chi connectivity index (χ4v) is 1.93. The molecule has 0 radical (unpaired) electrons. The van der Waals surface area contributed by atoms with Gasteiger partial charge in [0, 0.05) is 12.6 Å². The molecule has 0 spiro atoms. The molecule has 19 heavy (non-hydrogen) atoms. The van der Waals surface area contributed by atoms with Crippen LogP contribution in [0.1, 0.15) is 34.7 Å². The summed E-state index contributed by atoms with van der Waals surface area (Å²) in [5.41, 5.74) is 1.26. The third kappa shape index (κ3) is 2.73. The Morgan fingerprint density at radius 1 is 1.47 bits per heavy atom. The van der Waals surface area contributed by atoms with Gasteiger partial charge >= 0.3 is 0 Å². The highest BCUT2D eigenvalue weighted by molar-refractivity contribution is 5.95. The smallest absolute Gasteiger partial charge is 0.252 e. The van der Waals surface area contributed by atoms with Gasteiger partial charge in [-0.05, 0) is 37.6 Å². The van der Waals surface area contributed by atoms with Crippen LogP contribution in [0.4, 0.5) is 0 Å². The third-order valence-electron chi connectivity index (χ3n) is 2.94. The Labute approximate surface area is 111 Å². The second kappa shape index (κ2) is 5.09. The van der Waals surface area contributed by atoms with E-state index in [1.807, 2.05) is 14.0 Å². The van der Waals surface area contributed by atoms with Crippen molar-refractivity contribution in [2.24, 2.45) is 7.05 Å². The lowest BCUT2D eigenvalue weighted by Crippen LogP contribution is -2.28. The molecule has 0 saturated heterocycles. The van der Waals surface area contributed by atoms with Gasteiger partial charge in [-0.25, -0.2) is 0 Å². The van der Waals surface area contributed by atoms with Gasteiger partial charge in [-0.2, -0.15) is 0 Å². The molecule has 1 atom stereocenters. The number of nitrogens with zero attached hydrogens (tertiary/aromatic N) is 3. The van der Waals surface area contributed by atoms with Gasteiger partial charge in [0.1, 0.15) is 12.1 Å². The molecule has 2 N–H and O–H groups in total. The van der Waals surface area contributed by atoms with Crippen LogP contribution in [0.2, 0.25) is 0 Å². The molecule has 0 aliphatic heterocycles. The molecule has 2 aromatic rings. The van der Waals surface area contributed by atoms with E-state index in [0.29, 0.717) is 11.4 Å². The zero-order valence-corrected chi connectivity index (χ0v) is 11.1. The van der Waals surface area contributed by atoms with Gasteiger partial charge in [0.25, 0.3) is 5.91 Å². The summed E-state index contributed by atoms with van der Waals surface area (Å²) in [5.74, 6) is 0.633. The molecule has 1 unspecified atom stereocenters. The summed E-state index contributed by atoms with van der Waals surface area (Å²) in [6.07, 6.45) is 1.59. The van der Waals surface area contributed by atoms with Crippen molar-refractivity contribution in [3.05, 3.63) is 41.5 Å². The van der Waals surface area contributed by atoms with Gasteiger partial charge in [0.15, 0.2) is 5.82 Å². The highest BCUT2D eigenvalue weighted by atomic mass is 16.3. The minimum absolute atomic E-state index is 0.149. The van der Waals surface area contributed by atoms with Crippen molar-refractivity contribution >= 4 is 5.91 Å². The number of hydrogen-bond acceptors (Lipinski definition) is 4. The number of phenols is 1. The summed E-state index contributed by atoms with van der Waals surface area (Å²) >= 11 is 0. The number of aromatic hydroxyl groups is 1. The van der Waals surface area contributed by atoms with E-state index < -0.39 is 0 Å². The molecular weight excluding hydrogens is 244 g/mol. The zero-order valence-electron chi connectivity index (χ0n) is 11.1. The van der Waals surface area contributed by atoms with E-state index in [0.717, 1.165) is 5.56 Å². The molecule has 0 saturated carbocycles. The van der Waals surface area contributed by atoms with Crippen LogP contribution in [0.5, 0.6) is 5.75 Å². The van der Waals surface area contributed by atoms with Crippen LogP contribution in [0.3, 0.4) is 0 Å². The number of carbonyl (C=O) groups excluding carboxylic acids is 1. The van der Waals surface area contributed by atoms with Crippen molar-refractivity contribution in [2.75, 3.05) is 0 Å². The van der Waals surface area contributed by atoms with Gasteiger partial charge in [0.2, 0.25) is 0 Å². The predicted molar refractivity (Wildman–Crippen MR) is 69.7 cm³/mol. The Morgan fingerprint density at radius 3 is 2.79 bits per heavy atom. The molecule has 0 bridgehead atoms. The lowest BCUT2D eigenvalue weighted by molar-refractivity contribution is 0.0937. The number of amides is 1. The van der Waals surface area contributed by atoms with E-state index in [4.69, 9.17) is 0 Å². The molecule has 0 aliphatic rings. The molecule has 1 aromatic carbocycles. The zero-order chi connectivity index (χ0) is 14.0. The fraction of sp³-hybridized carbons (Fsp3) is 0.308. The van der Waals surface area contributed by atoms with Gasteiger partial charge < -0.3 is 15.0 Å². The fourth-order valence-electron chi connectivity index (χ4n) is 1.93. The largest absolute Gasteiger partial charge is 0.508 e. The molecule has 1 heterocycles. The molecule has 0 fully saturated rings. The lowest BCUT2D eigenvalue weighted by Gasteiger charge is -2.14. The summed E-state index contributed by atoms with van der Waals surface area (Å²) in [6.45, 7) is 3.62. The van der Waals surface area contributed by atoms with Gasteiger partial charge in [-0.3, -0.25) is 4.79 Å². The molecule has 6 nitrogen and oxygen atoms in total.